The molecule has 0 radical (unpaired) electrons. The summed E-state index contributed by atoms with van der Waals surface area (Å²) in [7, 11) is 1.66. The van der Waals surface area contributed by atoms with Crippen LogP contribution in [0.3, 0.4) is 0 Å². The van der Waals surface area contributed by atoms with Gasteiger partial charge in [0.2, 0.25) is 0 Å². The molecule has 0 aliphatic heterocycles. The van der Waals surface area contributed by atoms with Gasteiger partial charge in [0.05, 0.1) is 11.9 Å². The number of hydrogen-bond acceptors (Lipinski definition) is 3. The summed E-state index contributed by atoms with van der Waals surface area (Å²) in [6, 6.07) is 12.2. The normalized spacial score (nSPS) is 12.0. The lowest BCUT2D eigenvalue weighted by Crippen LogP contribution is -1.98. The Balaban J connectivity index is 2.26. The predicted molar refractivity (Wildman–Crippen MR) is 90.8 cm³/mol. The van der Waals surface area contributed by atoms with Gasteiger partial charge in [0, 0.05) is 9.79 Å². The largest absolute Gasteiger partial charge is 0.497 e. The summed E-state index contributed by atoms with van der Waals surface area (Å²) < 4.78 is 5.16. The fourth-order valence-electron chi connectivity index (χ4n) is 2.28. The molecule has 2 aromatic carbocycles. The maximum absolute atomic E-state index is 11.0. The van der Waals surface area contributed by atoms with Crippen molar-refractivity contribution < 1.29 is 9.53 Å². The van der Waals surface area contributed by atoms with E-state index in [-0.39, 0.29) is 4.83 Å². The average Bonchev–Trinajstić information content (AvgIpc) is 2.47. The molecule has 0 spiro atoms. The highest BCUT2D eigenvalue weighted by molar-refractivity contribution is 9.09. The van der Waals surface area contributed by atoms with Crippen molar-refractivity contribution in [2.75, 3.05) is 7.11 Å². The Hall–Kier alpha value is -1.26. The number of aryl methyl sites for hydroxylation is 2. The van der Waals surface area contributed by atoms with Crippen LogP contribution >= 0.6 is 27.7 Å². The van der Waals surface area contributed by atoms with Gasteiger partial charge in [0.25, 0.3) is 0 Å². The van der Waals surface area contributed by atoms with Crippen molar-refractivity contribution in [2.24, 2.45) is 0 Å². The first-order chi connectivity index (χ1) is 10.0. The summed E-state index contributed by atoms with van der Waals surface area (Å²) in [4.78, 5) is 13.1. The molecule has 0 aromatic heterocycles. The topological polar surface area (TPSA) is 26.3 Å². The zero-order chi connectivity index (χ0) is 15.4. The first-order valence-corrected chi connectivity index (χ1v) is 8.30. The second-order valence-electron chi connectivity index (χ2n) is 4.79. The van der Waals surface area contributed by atoms with Crippen LogP contribution in [0.1, 0.15) is 21.5 Å². The van der Waals surface area contributed by atoms with Gasteiger partial charge in [-0.2, -0.15) is 0 Å². The molecule has 4 heteroatoms. The van der Waals surface area contributed by atoms with Crippen molar-refractivity contribution in [1.29, 1.82) is 0 Å². The summed E-state index contributed by atoms with van der Waals surface area (Å²) in [5.41, 5.74) is 3.31. The third-order valence-corrected chi connectivity index (χ3v) is 4.91. The van der Waals surface area contributed by atoms with Gasteiger partial charge < -0.3 is 9.53 Å². The first-order valence-electron chi connectivity index (χ1n) is 6.57. The van der Waals surface area contributed by atoms with Crippen LogP contribution in [0.15, 0.2) is 46.2 Å². The number of aldehydes is 1. The van der Waals surface area contributed by atoms with Crippen LogP contribution in [0, 0.1) is 13.8 Å². The van der Waals surface area contributed by atoms with Gasteiger partial charge in [0.1, 0.15) is 12.0 Å². The Labute approximate surface area is 138 Å². The number of rotatable bonds is 5. The zero-order valence-corrected chi connectivity index (χ0v) is 14.6. The van der Waals surface area contributed by atoms with E-state index < -0.39 is 0 Å². The Morgan fingerprint density at radius 2 is 1.67 bits per heavy atom. The lowest BCUT2D eigenvalue weighted by molar-refractivity contribution is -0.107. The van der Waals surface area contributed by atoms with E-state index in [1.54, 1.807) is 18.9 Å². The molecule has 110 valence electrons. The lowest BCUT2D eigenvalue weighted by atomic mass is 10.0. The highest BCUT2D eigenvalue weighted by Gasteiger charge is 2.13. The van der Waals surface area contributed by atoms with Gasteiger partial charge in [-0.05, 0) is 66.9 Å². The molecule has 1 atom stereocenters. The van der Waals surface area contributed by atoms with Crippen molar-refractivity contribution in [3.63, 3.8) is 0 Å². The number of hydrogen-bond donors (Lipinski definition) is 0. The van der Waals surface area contributed by atoms with Crippen LogP contribution in [0.5, 0.6) is 5.75 Å². The zero-order valence-electron chi connectivity index (χ0n) is 12.2. The molecule has 0 saturated heterocycles. The third kappa shape index (κ3) is 3.89. The Morgan fingerprint density at radius 1 is 1.10 bits per heavy atom. The number of carbonyl (C=O) groups is 1. The maximum atomic E-state index is 11.0. The van der Waals surface area contributed by atoms with Gasteiger partial charge in [-0.1, -0.05) is 27.7 Å². The molecule has 2 rings (SSSR count). The molecule has 0 N–H and O–H groups in total. The summed E-state index contributed by atoms with van der Waals surface area (Å²) >= 11 is 5.11. The van der Waals surface area contributed by atoms with Gasteiger partial charge in [-0.3, -0.25) is 0 Å². The fourth-order valence-corrected chi connectivity index (χ4v) is 4.01. The van der Waals surface area contributed by atoms with Crippen LogP contribution in [0.4, 0.5) is 0 Å². The number of carbonyl (C=O) groups excluding carboxylic acids is 1. The minimum atomic E-state index is -0.238. The third-order valence-electron chi connectivity index (χ3n) is 3.26. The molecule has 0 bridgehead atoms. The van der Waals surface area contributed by atoms with Crippen LogP contribution < -0.4 is 4.74 Å². The summed E-state index contributed by atoms with van der Waals surface area (Å²) in [5, 5.41) is 0. The molecule has 0 saturated carbocycles. The van der Waals surface area contributed by atoms with Crippen molar-refractivity contribution in [3.05, 3.63) is 53.1 Å². The van der Waals surface area contributed by atoms with Gasteiger partial charge in [0.15, 0.2) is 0 Å². The quantitative estimate of drug-likeness (QED) is 0.545. The van der Waals surface area contributed by atoms with Crippen molar-refractivity contribution in [3.8, 4) is 5.75 Å². The molecule has 0 heterocycles. The van der Waals surface area contributed by atoms with E-state index in [0.29, 0.717) is 0 Å². The van der Waals surface area contributed by atoms with Gasteiger partial charge in [-0.25, -0.2) is 0 Å². The molecule has 2 aromatic rings. The highest BCUT2D eigenvalue weighted by Crippen LogP contribution is 2.34. The SMILES string of the molecule is COc1ccc(Sc2cc(C)c(C(Br)C=O)c(C)c2)cc1. The molecular formula is C17H17BrO2S. The number of methoxy groups -OCH3 is 1. The van der Waals surface area contributed by atoms with Crippen molar-refractivity contribution in [1.82, 2.24) is 0 Å². The first kappa shape index (κ1) is 16.1. The van der Waals surface area contributed by atoms with E-state index >= 15 is 0 Å². The van der Waals surface area contributed by atoms with E-state index in [1.165, 1.54) is 4.90 Å². The Morgan fingerprint density at radius 3 is 2.14 bits per heavy atom. The van der Waals surface area contributed by atoms with Crippen molar-refractivity contribution >= 4 is 34.0 Å². The molecule has 1 unspecified atom stereocenters. The number of alkyl halides is 1. The summed E-state index contributed by atoms with van der Waals surface area (Å²) in [6.45, 7) is 4.08. The van der Waals surface area contributed by atoms with E-state index in [9.17, 15) is 4.79 Å². The second kappa shape index (κ2) is 7.14. The number of ether oxygens (including phenoxy) is 1. The maximum Gasteiger partial charge on any atom is 0.138 e. The van der Waals surface area contributed by atoms with Crippen LogP contribution in [0.2, 0.25) is 0 Å². The molecule has 21 heavy (non-hydrogen) atoms. The minimum Gasteiger partial charge on any atom is -0.497 e. The molecule has 0 aliphatic rings. The summed E-state index contributed by atoms with van der Waals surface area (Å²) in [6.07, 6.45) is 0.922. The van der Waals surface area contributed by atoms with Crippen LogP contribution in [-0.2, 0) is 4.79 Å². The van der Waals surface area contributed by atoms with Crippen LogP contribution in [-0.4, -0.2) is 13.4 Å². The molecule has 0 amide bonds. The lowest BCUT2D eigenvalue weighted by Gasteiger charge is -2.14. The van der Waals surface area contributed by atoms with E-state index in [0.717, 1.165) is 33.6 Å². The van der Waals surface area contributed by atoms with Gasteiger partial charge in [-0.15, -0.1) is 0 Å². The molecule has 0 fully saturated rings. The second-order valence-corrected chi connectivity index (χ2v) is 6.92. The predicted octanol–water partition coefficient (Wildman–Crippen LogP) is 5.10. The van der Waals surface area contributed by atoms with Crippen molar-refractivity contribution in [2.45, 2.75) is 28.5 Å². The fraction of sp³-hybridized carbons (Fsp3) is 0.235. The molecule has 0 aliphatic carbocycles. The smallest absolute Gasteiger partial charge is 0.138 e. The van der Waals surface area contributed by atoms with Gasteiger partial charge >= 0.3 is 0 Å². The van der Waals surface area contributed by atoms with E-state index in [4.69, 9.17) is 4.74 Å². The summed E-state index contributed by atoms with van der Waals surface area (Å²) in [5.74, 6) is 0.857. The Bertz CT molecular complexity index is 615. The Kier molecular flexibility index (Phi) is 5.48. The van der Waals surface area contributed by atoms with E-state index in [1.807, 2.05) is 38.1 Å². The highest BCUT2D eigenvalue weighted by atomic mass is 79.9. The number of benzene rings is 2. The van der Waals surface area contributed by atoms with Crippen LogP contribution in [0.25, 0.3) is 0 Å². The average molecular weight is 365 g/mol. The van der Waals surface area contributed by atoms with E-state index in [2.05, 4.69) is 28.1 Å². The number of halogens is 1. The standard InChI is InChI=1S/C17H17BrO2S/c1-11-8-15(9-12(2)17(11)16(18)10-19)21-14-6-4-13(20-3)5-7-14/h4-10,16H,1-3H3. The monoisotopic (exact) mass is 364 g/mol. The molecule has 2 nitrogen and oxygen atoms in total. The minimum absolute atomic E-state index is 0.238. The molecular weight excluding hydrogens is 348 g/mol.